The van der Waals surface area contributed by atoms with Crippen LogP contribution in [0.5, 0.6) is 0 Å². The molecule has 0 amide bonds. The molecule has 0 bridgehead atoms. The highest BCUT2D eigenvalue weighted by atomic mass is 35.5. The number of allylic oxidation sites excluding steroid dienone is 8. The Kier molecular flexibility index (Phi) is 7.87. The Labute approximate surface area is 262 Å². The number of likely N-dealkylation sites (N-methyl/N-ethyl adjacent to an activating group) is 1. The summed E-state index contributed by atoms with van der Waals surface area (Å²) in [7, 11) is 4.33. The fourth-order valence-corrected chi connectivity index (χ4v) is 7.78. The van der Waals surface area contributed by atoms with Crippen molar-refractivity contribution in [2.45, 2.75) is 64.2 Å². The number of rotatable bonds is 6. The van der Waals surface area contributed by atoms with E-state index in [4.69, 9.17) is 11.6 Å². The normalized spacial score (nSPS) is 19.0. The first-order chi connectivity index (χ1) is 20.6. The van der Waals surface area contributed by atoms with Crippen molar-refractivity contribution in [2.75, 3.05) is 19.0 Å². The molecule has 0 saturated heterocycles. The minimum atomic E-state index is -0.0996. The zero-order chi connectivity index (χ0) is 30.4. The molecule has 2 N–H and O–H groups in total. The van der Waals surface area contributed by atoms with Crippen molar-refractivity contribution in [1.82, 2.24) is 0 Å². The van der Waals surface area contributed by atoms with Crippen molar-refractivity contribution in [3.63, 3.8) is 0 Å². The Morgan fingerprint density at radius 3 is 2.30 bits per heavy atom. The standard InChI is InChI=1S/C40H43ClN2/c1-39(2,36-31-18-9-7-13-27(31)20-23-33(36)42-5)26-12-17-29-15-11-16-30(38(29)41)22-25-35-40(3,4)37-32-19-10-8-14-28(32)21-24-34(37)43(35)6/h7-10,12-14,17-25,42H,11,15-16,26H2,1-6H3/p+1/b17-12+,30-22+,35-25+. The maximum atomic E-state index is 7.11. The van der Waals surface area contributed by atoms with Crippen molar-refractivity contribution in [1.29, 1.82) is 0 Å². The number of quaternary nitrogens is 1. The van der Waals surface area contributed by atoms with Gasteiger partial charge in [-0.05, 0) is 93.6 Å². The van der Waals surface area contributed by atoms with E-state index in [0.29, 0.717) is 0 Å². The summed E-state index contributed by atoms with van der Waals surface area (Å²) in [5.41, 5.74) is 9.12. The lowest BCUT2D eigenvalue weighted by atomic mass is 9.77. The van der Waals surface area contributed by atoms with Crippen LogP contribution in [-0.4, -0.2) is 14.1 Å². The van der Waals surface area contributed by atoms with Gasteiger partial charge in [0.2, 0.25) is 0 Å². The average molecular weight is 588 g/mol. The molecule has 43 heavy (non-hydrogen) atoms. The number of nitrogens with zero attached hydrogens (tertiary/aromatic N) is 1. The molecule has 0 saturated carbocycles. The minimum absolute atomic E-state index is 0.0121. The van der Waals surface area contributed by atoms with Crippen molar-refractivity contribution < 1.29 is 5.32 Å². The lowest BCUT2D eigenvalue weighted by Crippen LogP contribution is -2.73. The maximum absolute atomic E-state index is 7.11. The first kappa shape index (κ1) is 29.5. The van der Waals surface area contributed by atoms with E-state index in [9.17, 15) is 0 Å². The zero-order valence-corrected chi connectivity index (χ0v) is 27.2. The van der Waals surface area contributed by atoms with Crippen LogP contribution in [0.1, 0.15) is 64.5 Å². The third kappa shape index (κ3) is 5.26. The fourth-order valence-electron chi connectivity index (χ4n) is 7.46. The summed E-state index contributed by atoms with van der Waals surface area (Å²) in [6.07, 6.45) is 13.3. The Hall–Kier alpha value is -3.59. The van der Waals surface area contributed by atoms with Crippen LogP contribution in [0.4, 0.5) is 11.4 Å². The fraction of sp³-hybridized carbons (Fsp3) is 0.300. The second-order valence-corrected chi connectivity index (χ2v) is 13.7. The van der Waals surface area contributed by atoms with E-state index in [-0.39, 0.29) is 10.8 Å². The van der Waals surface area contributed by atoms with E-state index < -0.39 is 0 Å². The van der Waals surface area contributed by atoms with Gasteiger partial charge in [0.1, 0.15) is 5.69 Å². The molecular weight excluding hydrogens is 544 g/mol. The van der Waals surface area contributed by atoms with Gasteiger partial charge in [0, 0.05) is 34.4 Å². The predicted molar refractivity (Wildman–Crippen MR) is 187 cm³/mol. The van der Waals surface area contributed by atoms with E-state index in [1.165, 1.54) is 60.9 Å². The summed E-state index contributed by atoms with van der Waals surface area (Å²) < 4.78 is 0. The molecule has 1 aliphatic heterocycles. The number of nitrogens with two attached hydrogens (primary N) is 1. The van der Waals surface area contributed by atoms with Gasteiger partial charge >= 0.3 is 0 Å². The monoisotopic (exact) mass is 587 g/mol. The Morgan fingerprint density at radius 2 is 1.56 bits per heavy atom. The van der Waals surface area contributed by atoms with Gasteiger partial charge in [0.25, 0.3) is 0 Å². The zero-order valence-electron chi connectivity index (χ0n) is 26.5. The summed E-state index contributed by atoms with van der Waals surface area (Å²) in [5, 5.41) is 8.44. The van der Waals surface area contributed by atoms with E-state index in [1.54, 1.807) is 0 Å². The molecule has 2 nitrogen and oxygen atoms in total. The van der Waals surface area contributed by atoms with Gasteiger partial charge in [-0.2, -0.15) is 0 Å². The second kappa shape index (κ2) is 11.5. The van der Waals surface area contributed by atoms with Crippen molar-refractivity contribution >= 4 is 44.5 Å². The summed E-state index contributed by atoms with van der Waals surface area (Å²) in [5.74, 6) is 0. The van der Waals surface area contributed by atoms with Crippen molar-refractivity contribution in [2.24, 2.45) is 0 Å². The molecule has 0 spiro atoms. The third-order valence-corrected chi connectivity index (χ3v) is 10.2. The van der Waals surface area contributed by atoms with Crippen LogP contribution in [0.25, 0.3) is 21.5 Å². The van der Waals surface area contributed by atoms with Crippen LogP contribution in [0, 0.1) is 0 Å². The number of halogens is 1. The van der Waals surface area contributed by atoms with Gasteiger partial charge in [0.05, 0.1) is 7.05 Å². The quantitative estimate of drug-likeness (QED) is 0.222. The number of hydrogen-bond acceptors (Lipinski definition) is 1. The number of benzene rings is 4. The van der Waals surface area contributed by atoms with Gasteiger partial charge < -0.3 is 10.2 Å². The van der Waals surface area contributed by atoms with Crippen LogP contribution >= 0.6 is 11.6 Å². The van der Waals surface area contributed by atoms with Crippen LogP contribution in [-0.2, 0) is 10.8 Å². The van der Waals surface area contributed by atoms with E-state index in [1.807, 2.05) is 0 Å². The SMILES string of the molecule is C[NH2+]c1ccc2ccccc2c1C(C)(C)C/C=C/C1=C(Cl)C(=C/C=C2/N(C)c3ccc4ccccc4c3C2(C)C)/CCC1. The Morgan fingerprint density at radius 1 is 0.884 bits per heavy atom. The average Bonchev–Trinajstić information content (AvgIpc) is 3.20. The van der Waals surface area contributed by atoms with E-state index >= 15 is 0 Å². The van der Waals surface area contributed by atoms with Gasteiger partial charge in [0.15, 0.2) is 0 Å². The molecule has 0 unspecified atom stereocenters. The highest BCUT2D eigenvalue weighted by Gasteiger charge is 2.39. The molecule has 0 radical (unpaired) electrons. The molecule has 2 aliphatic rings. The van der Waals surface area contributed by atoms with E-state index in [0.717, 1.165) is 30.7 Å². The first-order valence-electron chi connectivity index (χ1n) is 15.7. The third-order valence-electron chi connectivity index (χ3n) is 9.69. The Balaban J connectivity index is 1.27. The molecule has 4 aromatic carbocycles. The predicted octanol–water partition coefficient (Wildman–Crippen LogP) is 9.96. The lowest BCUT2D eigenvalue weighted by Gasteiger charge is -2.27. The molecule has 0 fully saturated rings. The summed E-state index contributed by atoms with van der Waals surface area (Å²) in [4.78, 5) is 2.36. The topological polar surface area (TPSA) is 19.9 Å². The number of anilines is 1. The second-order valence-electron chi connectivity index (χ2n) is 13.3. The van der Waals surface area contributed by atoms with E-state index in [2.05, 4.69) is 149 Å². The highest BCUT2D eigenvalue weighted by molar-refractivity contribution is 6.32. The molecule has 1 aliphatic carbocycles. The molecule has 3 heteroatoms. The van der Waals surface area contributed by atoms with Gasteiger partial charge in [-0.15, -0.1) is 0 Å². The van der Waals surface area contributed by atoms with Crippen LogP contribution < -0.4 is 10.2 Å². The molecule has 220 valence electrons. The van der Waals surface area contributed by atoms with Crippen LogP contribution in [0.15, 0.2) is 119 Å². The molecule has 0 atom stereocenters. The minimum Gasteiger partial charge on any atom is -0.347 e. The summed E-state index contributed by atoms with van der Waals surface area (Å²) in [6.45, 7) is 9.42. The number of hydrogen-bond donors (Lipinski definition) is 1. The maximum Gasteiger partial charge on any atom is 0.133 e. The molecule has 0 aromatic heterocycles. The van der Waals surface area contributed by atoms with Gasteiger partial charge in [-0.3, -0.25) is 0 Å². The van der Waals surface area contributed by atoms with Gasteiger partial charge in [-0.1, -0.05) is 112 Å². The lowest BCUT2D eigenvalue weighted by molar-refractivity contribution is -0.540. The molecule has 4 aromatic rings. The summed E-state index contributed by atoms with van der Waals surface area (Å²) >= 11 is 7.11. The largest absolute Gasteiger partial charge is 0.347 e. The van der Waals surface area contributed by atoms with Gasteiger partial charge in [-0.25, -0.2) is 0 Å². The van der Waals surface area contributed by atoms with Crippen molar-refractivity contribution in [3.8, 4) is 0 Å². The Bertz CT molecular complexity index is 1830. The summed E-state index contributed by atoms with van der Waals surface area (Å²) in [6, 6.07) is 26.5. The molecule has 1 heterocycles. The highest BCUT2D eigenvalue weighted by Crippen LogP contribution is 2.50. The first-order valence-corrected chi connectivity index (χ1v) is 16.1. The smallest absolute Gasteiger partial charge is 0.133 e. The van der Waals surface area contributed by atoms with Crippen molar-refractivity contribution in [3.05, 3.63) is 130 Å². The van der Waals surface area contributed by atoms with Crippen LogP contribution in [0.2, 0.25) is 0 Å². The molecular formula is C40H44ClN2+. The molecule has 6 rings (SSSR count). The van der Waals surface area contributed by atoms with Crippen LogP contribution in [0.3, 0.4) is 0 Å². The number of fused-ring (bicyclic) bond motifs is 4.